The summed E-state index contributed by atoms with van der Waals surface area (Å²) in [7, 11) is 1.64. The molecule has 1 saturated heterocycles. The van der Waals surface area contributed by atoms with Gasteiger partial charge in [-0.25, -0.2) is 4.98 Å². The lowest BCUT2D eigenvalue weighted by Crippen LogP contribution is -2.32. The molecular formula is C20H21F3N6O2. The van der Waals surface area contributed by atoms with Crippen molar-refractivity contribution in [2.75, 3.05) is 23.3 Å². The topological polar surface area (TPSA) is 85.0 Å². The van der Waals surface area contributed by atoms with Crippen molar-refractivity contribution in [1.29, 1.82) is 0 Å². The summed E-state index contributed by atoms with van der Waals surface area (Å²) in [4.78, 5) is 31.3. The van der Waals surface area contributed by atoms with Crippen LogP contribution in [-0.4, -0.2) is 38.3 Å². The number of hydrogen-bond acceptors (Lipinski definition) is 5. The van der Waals surface area contributed by atoms with Crippen molar-refractivity contribution >= 4 is 28.3 Å². The third-order valence-electron chi connectivity index (χ3n) is 5.33. The Morgan fingerprint density at radius 1 is 1.19 bits per heavy atom. The second-order valence-corrected chi connectivity index (χ2v) is 7.51. The van der Waals surface area contributed by atoms with Gasteiger partial charge in [0.05, 0.1) is 23.1 Å². The van der Waals surface area contributed by atoms with Crippen molar-refractivity contribution in [2.45, 2.75) is 32.0 Å². The molecule has 1 aromatic carbocycles. The molecule has 1 amide bonds. The molecule has 1 aliphatic heterocycles. The van der Waals surface area contributed by atoms with Gasteiger partial charge in [0.15, 0.2) is 5.65 Å². The molecule has 0 aliphatic carbocycles. The summed E-state index contributed by atoms with van der Waals surface area (Å²) in [5.41, 5.74) is -0.306. The van der Waals surface area contributed by atoms with E-state index in [0.717, 1.165) is 36.0 Å². The molecule has 2 aromatic heterocycles. The summed E-state index contributed by atoms with van der Waals surface area (Å²) >= 11 is 0. The van der Waals surface area contributed by atoms with E-state index < -0.39 is 23.2 Å². The Hall–Kier alpha value is -3.37. The van der Waals surface area contributed by atoms with Crippen LogP contribution in [0, 0.1) is 0 Å². The monoisotopic (exact) mass is 434 g/mol. The Morgan fingerprint density at radius 2 is 1.94 bits per heavy atom. The van der Waals surface area contributed by atoms with Crippen LogP contribution in [0.5, 0.6) is 0 Å². The lowest BCUT2D eigenvalue weighted by atomic mass is 10.1. The summed E-state index contributed by atoms with van der Waals surface area (Å²) < 4.78 is 42.3. The van der Waals surface area contributed by atoms with Gasteiger partial charge in [0.1, 0.15) is 18.3 Å². The van der Waals surface area contributed by atoms with Crippen LogP contribution in [0.25, 0.3) is 11.0 Å². The average molecular weight is 434 g/mol. The highest BCUT2D eigenvalue weighted by molar-refractivity contribution is 5.94. The van der Waals surface area contributed by atoms with E-state index in [4.69, 9.17) is 0 Å². The summed E-state index contributed by atoms with van der Waals surface area (Å²) in [6.45, 7) is 1.02. The molecule has 164 valence electrons. The maximum Gasteiger partial charge on any atom is 0.416 e. The van der Waals surface area contributed by atoms with Crippen LogP contribution in [0.4, 0.5) is 24.5 Å². The Balaban J connectivity index is 1.62. The lowest BCUT2D eigenvalue weighted by Gasteiger charge is -2.31. The number of rotatable bonds is 4. The van der Waals surface area contributed by atoms with Gasteiger partial charge in [-0.15, -0.1) is 0 Å². The number of anilines is 2. The van der Waals surface area contributed by atoms with E-state index in [0.29, 0.717) is 24.4 Å². The van der Waals surface area contributed by atoms with Crippen LogP contribution >= 0.6 is 0 Å². The molecule has 4 rings (SSSR count). The van der Waals surface area contributed by atoms with E-state index in [-0.39, 0.29) is 17.6 Å². The van der Waals surface area contributed by atoms with E-state index in [1.807, 2.05) is 4.90 Å². The Bertz CT molecular complexity index is 1180. The second kappa shape index (κ2) is 8.05. The fourth-order valence-corrected chi connectivity index (χ4v) is 3.75. The molecule has 3 aromatic rings. The number of hydrogen-bond donors (Lipinski definition) is 1. The molecule has 0 bridgehead atoms. The van der Waals surface area contributed by atoms with Crippen molar-refractivity contribution in [3.8, 4) is 0 Å². The van der Waals surface area contributed by atoms with Crippen LogP contribution in [0.3, 0.4) is 0 Å². The average Bonchev–Trinajstić information content (AvgIpc) is 3.11. The summed E-state index contributed by atoms with van der Waals surface area (Å²) in [5.74, 6) is -0.621. The largest absolute Gasteiger partial charge is 0.416 e. The molecule has 0 atom stereocenters. The lowest BCUT2D eigenvalue weighted by molar-refractivity contribution is -0.137. The molecule has 0 spiro atoms. The van der Waals surface area contributed by atoms with E-state index >= 15 is 0 Å². The predicted molar refractivity (Wildman–Crippen MR) is 109 cm³/mol. The number of benzene rings is 1. The van der Waals surface area contributed by atoms with Gasteiger partial charge < -0.3 is 10.2 Å². The van der Waals surface area contributed by atoms with Gasteiger partial charge in [0.2, 0.25) is 5.91 Å². The first-order valence-corrected chi connectivity index (χ1v) is 9.87. The first kappa shape index (κ1) is 20.9. The standard InChI is InChI=1S/C20H21F3N6O2/c1-27-18-14(10-25-27)19(31)29(12-24-18)11-17(30)26-15-9-13(20(21,22)23)5-6-16(15)28-7-3-2-4-8-28/h5-6,9-10,12H,2-4,7-8,11H2,1H3,(H,26,30). The summed E-state index contributed by atoms with van der Waals surface area (Å²) in [6.07, 6.45) is 0.975. The van der Waals surface area contributed by atoms with Crippen molar-refractivity contribution in [3.05, 3.63) is 46.6 Å². The van der Waals surface area contributed by atoms with Crippen LogP contribution in [0.2, 0.25) is 0 Å². The summed E-state index contributed by atoms with van der Waals surface area (Å²) in [6, 6.07) is 3.34. The van der Waals surface area contributed by atoms with E-state index in [2.05, 4.69) is 15.4 Å². The van der Waals surface area contributed by atoms with Crippen LogP contribution in [0.1, 0.15) is 24.8 Å². The third kappa shape index (κ3) is 4.25. The van der Waals surface area contributed by atoms with Gasteiger partial charge in [-0.05, 0) is 37.5 Å². The fraction of sp³-hybridized carbons (Fsp3) is 0.400. The summed E-state index contributed by atoms with van der Waals surface area (Å²) in [5, 5.41) is 6.78. The molecular weight excluding hydrogens is 413 g/mol. The van der Waals surface area contributed by atoms with Gasteiger partial charge in [0, 0.05) is 20.1 Å². The fourth-order valence-electron chi connectivity index (χ4n) is 3.75. The zero-order valence-electron chi connectivity index (χ0n) is 16.8. The van der Waals surface area contributed by atoms with Crippen molar-refractivity contribution < 1.29 is 18.0 Å². The number of carbonyl (C=O) groups is 1. The number of alkyl halides is 3. The number of halogens is 3. The van der Waals surface area contributed by atoms with Gasteiger partial charge in [-0.1, -0.05) is 0 Å². The molecule has 1 N–H and O–H groups in total. The number of carbonyl (C=O) groups excluding carboxylic acids is 1. The smallest absolute Gasteiger partial charge is 0.370 e. The minimum absolute atomic E-state index is 0.0742. The molecule has 3 heterocycles. The van der Waals surface area contributed by atoms with Gasteiger partial charge in [0.25, 0.3) is 5.56 Å². The molecule has 31 heavy (non-hydrogen) atoms. The number of piperidine rings is 1. The maximum atomic E-state index is 13.2. The molecule has 1 aliphatic rings. The molecule has 0 saturated carbocycles. The van der Waals surface area contributed by atoms with Crippen molar-refractivity contribution in [3.63, 3.8) is 0 Å². The second-order valence-electron chi connectivity index (χ2n) is 7.51. The van der Waals surface area contributed by atoms with E-state index in [1.54, 1.807) is 7.05 Å². The number of fused-ring (bicyclic) bond motifs is 1. The maximum absolute atomic E-state index is 13.2. The number of nitrogens with zero attached hydrogens (tertiary/aromatic N) is 5. The van der Waals surface area contributed by atoms with Crippen molar-refractivity contribution in [2.24, 2.45) is 7.05 Å². The third-order valence-corrected chi connectivity index (χ3v) is 5.33. The SMILES string of the molecule is Cn1ncc2c(=O)n(CC(=O)Nc3cc(C(F)(F)F)ccc3N3CCCCC3)cnc21. The van der Waals surface area contributed by atoms with E-state index in [1.165, 1.54) is 23.3 Å². The highest BCUT2D eigenvalue weighted by Crippen LogP contribution is 2.36. The molecule has 0 unspecified atom stereocenters. The quantitative estimate of drug-likeness (QED) is 0.683. The molecule has 0 radical (unpaired) electrons. The number of aryl methyl sites for hydroxylation is 1. The number of nitrogens with one attached hydrogen (secondary N) is 1. The minimum Gasteiger partial charge on any atom is -0.370 e. The van der Waals surface area contributed by atoms with Gasteiger partial charge in [-0.2, -0.15) is 18.3 Å². The number of aromatic nitrogens is 4. The molecule has 11 heteroatoms. The zero-order valence-corrected chi connectivity index (χ0v) is 16.8. The first-order valence-electron chi connectivity index (χ1n) is 9.87. The van der Waals surface area contributed by atoms with Gasteiger partial charge in [-0.3, -0.25) is 18.8 Å². The Kier molecular flexibility index (Phi) is 5.42. The normalized spacial score (nSPS) is 14.8. The van der Waals surface area contributed by atoms with Gasteiger partial charge >= 0.3 is 6.18 Å². The highest BCUT2D eigenvalue weighted by atomic mass is 19.4. The van der Waals surface area contributed by atoms with Crippen LogP contribution < -0.4 is 15.8 Å². The molecule has 8 nitrogen and oxygen atoms in total. The number of amides is 1. The Morgan fingerprint density at radius 3 is 2.65 bits per heavy atom. The predicted octanol–water partition coefficient (Wildman–Crippen LogP) is 2.78. The van der Waals surface area contributed by atoms with Crippen molar-refractivity contribution in [1.82, 2.24) is 19.3 Å². The minimum atomic E-state index is -4.54. The van der Waals surface area contributed by atoms with Crippen LogP contribution in [0.15, 0.2) is 35.5 Å². The van der Waals surface area contributed by atoms with E-state index in [9.17, 15) is 22.8 Å². The highest BCUT2D eigenvalue weighted by Gasteiger charge is 2.32. The first-order chi connectivity index (χ1) is 14.7. The van der Waals surface area contributed by atoms with Crippen LogP contribution in [-0.2, 0) is 24.6 Å². The zero-order chi connectivity index (χ0) is 22.2. The Labute approximate surface area is 175 Å². The molecule has 1 fully saturated rings.